The van der Waals surface area contributed by atoms with Gasteiger partial charge in [-0.1, -0.05) is 6.92 Å². The minimum atomic E-state index is 0.340. The van der Waals surface area contributed by atoms with Crippen molar-refractivity contribution < 1.29 is 4.79 Å². The van der Waals surface area contributed by atoms with Crippen molar-refractivity contribution in [1.29, 1.82) is 0 Å². The van der Waals surface area contributed by atoms with E-state index in [2.05, 4.69) is 6.92 Å². The van der Waals surface area contributed by atoms with Crippen LogP contribution < -0.4 is 0 Å². The summed E-state index contributed by atoms with van der Waals surface area (Å²) in [5.41, 5.74) is 1.22. The quantitative estimate of drug-likeness (QED) is 0.603. The van der Waals surface area contributed by atoms with Gasteiger partial charge in [0.25, 0.3) is 0 Å². The summed E-state index contributed by atoms with van der Waals surface area (Å²) in [4.78, 5) is 10.2. The summed E-state index contributed by atoms with van der Waals surface area (Å²) in [6, 6.07) is 4.05. The molecule has 0 aromatic carbocycles. The first kappa shape index (κ1) is 8.05. The van der Waals surface area contributed by atoms with Crippen molar-refractivity contribution in [2.24, 2.45) is 7.05 Å². The van der Waals surface area contributed by atoms with E-state index < -0.39 is 0 Å². The standard InChI is InChI=1S/C9H13NO/c1-8(5-7-11)9-4-3-6-10(9)2/h3-4,6-8H,5H2,1-2H3/t8-/m0/s1. The molecule has 0 saturated heterocycles. The fraction of sp³-hybridized carbons (Fsp3) is 0.444. The summed E-state index contributed by atoms with van der Waals surface area (Å²) >= 11 is 0. The molecule has 0 spiro atoms. The van der Waals surface area contributed by atoms with Crippen molar-refractivity contribution in [2.45, 2.75) is 19.3 Å². The average molecular weight is 151 g/mol. The number of rotatable bonds is 3. The van der Waals surface area contributed by atoms with Crippen LogP contribution in [0.5, 0.6) is 0 Å². The average Bonchev–Trinajstić information content (AvgIpc) is 2.36. The molecule has 0 unspecified atom stereocenters. The van der Waals surface area contributed by atoms with Crippen molar-refractivity contribution in [2.75, 3.05) is 0 Å². The number of aldehydes is 1. The predicted octanol–water partition coefficient (Wildman–Crippen LogP) is 1.72. The van der Waals surface area contributed by atoms with E-state index in [0.717, 1.165) is 6.29 Å². The molecule has 1 aromatic heterocycles. The minimum Gasteiger partial charge on any atom is -0.354 e. The number of carbonyl (C=O) groups excluding carboxylic acids is 1. The Kier molecular flexibility index (Phi) is 2.47. The first-order valence-corrected chi connectivity index (χ1v) is 3.80. The molecule has 2 heteroatoms. The predicted molar refractivity (Wildman–Crippen MR) is 44.5 cm³/mol. The van der Waals surface area contributed by atoms with Crippen molar-refractivity contribution in [3.63, 3.8) is 0 Å². The molecule has 1 heterocycles. The maximum atomic E-state index is 10.2. The van der Waals surface area contributed by atoms with Gasteiger partial charge in [0.2, 0.25) is 0 Å². The first-order valence-electron chi connectivity index (χ1n) is 3.80. The minimum absolute atomic E-state index is 0.340. The Balaban J connectivity index is 2.74. The van der Waals surface area contributed by atoms with Gasteiger partial charge in [0.05, 0.1) is 0 Å². The van der Waals surface area contributed by atoms with Crippen molar-refractivity contribution in [1.82, 2.24) is 4.57 Å². The third-order valence-electron chi connectivity index (χ3n) is 1.94. The van der Waals surface area contributed by atoms with Crippen LogP contribution in [0.4, 0.5) is 0 Å². The molecule has 0 aliphatic rings. The maximum Gasteiger partial charge on any atom is 0.120 e. The highest BCUT2D eigenvalue weighted by atomic mass is 16.1. The number of hydrogen-bond donors (Lipinski definition) is 0. The molecule has 0 amide bonds. The number of hydrogen-bond acceptors (Lipinski definition) is 1. The van der Waals surface area contributed by atoms with E-state index in [0.29, 0.717) is 12.3 Å². The molecule has 0 bridgehead atoms. The lowest BCUT2D eigenvalue weighted by Gasteiger charge is -2.08. The second kappa shape index (κ2) is 3.37. The zero-order valence-corrected chi connectivity index (χ0v) is 6.95. The molecular formula is C9H13NO. The molecule has 1 atom stereocenters. The molecule has 60 valence electrons. The molecule has 0 fully saturated rings. The fourth-order valence-corrected chi connectivity index (χ4v) is 1.25. The van der Waals surface area contributed by atoms with E-state index in [9.17, 15) is 4.79 Å². The van der Waals surface area contributed by atoms with Crippen LogP contribution in [0.1, 0.15) is 25.0 Å². The van der Waals surface area contributed by atoms with Gasteiger partial charge < -0.3 is 9.36 Å². The molecule has 2 nitrogen and oxygen atoms in total. The number of aromatic nitrogens is 1. The van der Waals surface area contributed by atoms with Gasteiger partial charge in [0, 0.05) is 31.3 Å². The van der Waals surface area contributed by atoms with Crippen LogP contribution in [-0.2, 0) is 11.8 Å². The maximum absolute atomic E-state index is 10.2. The van der Waals surface area contributed by atoms with Gasteiger partial charge in [0.1, 0.15) is 6.29 Å². The molecule has 1 aromatic rings. The summed E-state index contributed by atoms with van der Waals surface area (Å²) in [6.45, 7) is 2.06. The van der Waals surface area contributed by atoms with E-state index in [1.807, 2.05) is 29.9 Å². The van der Waals surface area contributed by atoms with Crippen molar-refractivity contribution in [3.8, 4) is 0 Å². The van der Waals surface area contributed by atoms with Crippen LogP contribution in [0.25, 0.3) is 0 Å². The summed E-state index contributed by atoms with van der Waals surface area (Å²) in [7, 11) is 2.00. The summed E-state index contributed by atoms with van der Waals surface area (Å²) in [5.74, 6) is 0.340. The summed E-state index contributed by atoms with van der Waals surface area (Å²) < 4.78 is 2.05. The highest BCUT2D eigenvalue weighted by Crippen LogP contribution is 2.16. The van der Waals surface area contributed by atoms with Crippen LogP contribution >= 0.6 is 0 Å². The zero-order chi connectivity index (χ0) is 8.27. The number of nitrogens with zero attached hydrogens (tertiary/aromatic N) is 1. The SMILES string of the molecule is C[C@@H](CC=O)c1cccn1C. The van der Waals surface area contributed by atoms with Crippen LogP contribution in [0.2, 0.25) is 0 Å². The normalized spacial score (nSPS) is 12.9. The Hall–Kier alpha value is -1.05. The Bertz CT molecular complexity index is 239. The smallest absolute Gasteiger partial charge is 0.120 e. The van der Waals surface area contributed by atoms with Crippen LogP contribution in [0, 0.1) is 0 Å². The molecule has 0 radical (unpaired) electrons. The van der Waals surface area contributed by atoms with Gasteiger partial charge in [-0.25, -0.2) is 0 Å². The highest BCUT2D eigenvalue weighted by Gasteiger charge is 2.06. The van der Waals surface area contributed by atoms with E-state index in [1.54, 1.807) is 0 Å². The van der Waals surface area contributed by atoms with Crippen LogP contribution in [-0.4, -0.2) is 10.9 Å². The molecule has 1 rings (SSSR count). The molecule has 0 N–H and O–H groups in total. The number of carbonyl (C=O) groups is 1. The van der Waals surface area contributed by atoms with Gasteiger partial charge in [0.15, 0.2) is 0 Å². The third kappa shape index (κ3) is 1.70. The van der Waals surface area contributed by atoms with E-state index in [4.69, 9.17) is 0 Å². The third-order valence-corrected chi connectivity index (χ3v) is 1.94. The van der Waals surface area contributed by atoms with Crippen LogP contribution in [0.15, 0.2) is 18.3 Å². The van der Waals surface area contributed by atoms with Gasteiger partial charge in [-0.3, -0.25) is 0 Å². The highest BCUT2D eigenvalue weighted by molar-refractivity contribution is 5.51. The van der Waals surface area contributed by atoms with Gasteiger partial charge in [-0.15, -0.1) is 0 Å². The Morgan fingerprint density at radius 2 is 2.45 bits per heavy atom. The van der Waals surface area contributed by atoms with Gasteiger partial charge >= 0.3 is 0 Å². The first-order chi connectivity index (χ1) is 5.25. The van der Waals surface area contributed by atoms with Crippen molar-refractivity contribution >= 4 is 6.29 Å². The topological polar surface area (TPSA) is 22.0 Å². The van der Waals surface area contributed by atoms with Gasteiger partial charge in [-0.05, 0) is 12.1 Å². The van der Waals surface area contributed by atoms with E-state index >= 15 is 0 Å². The van der Waals surface area contributed by atoms with Crippen molar-refractivity contribution in [3.05, 3.63) is 24.0 Å². The Morgan fingerprint density at radius 3 is 2.91 bits per heavy atom. The Morgan fingerprint density at radius 1 is 1.73 bits per heavy atom. The molecule has 0 aliphatic heterocycles. The lowest BCUT2D eigenvalue weighted by Crippen LogP contribution is -2.00. The van der Waals surface area contributed by atoms with Gasteiger partial charge in [-0.2, -0.15) is 0 Å². The van der Waals surface area contributed by atoms with Crippen LogP contribution in [0.3, 0.4) is 0 Å². The second-order valence-corrected chi connectivity index (χ2v) is 2.85. The lowest BCUT2D eigenvalue weighted by molar-refractivity contribution is -0.108. The monoisotopic (exact) mass is 151 g/mol. The summed E-state index contributed by atoms with van der Waals surface area (Å²) in [5, 5.41) is 0. The Labute approximate surface area is 66.8 Å². The molecular weight excluding hydrogens is 138 g/mol. The lowest BCUT2D eigenvalue weighted by atomic mass is 10.1. The largest absolute Gasteiger partial charge is 0.354 e. The second-order valence-electron chi connectivity index (χ2n) is 2.85. The van der Waals surface area contributed by atoms with E-state index in [1.165, 1.54) is 5.69 Å². The summed E-state index contributed by atoms with van der Waals surface area (Å²) in [6.07, 6.45) is 3.58. The number of aryl methyl sites for hydroxylation is 1. The molecule has 11 heavy (non-hydrogen) atoms. The van der Waals surface area contributed by atoms with E-state index in [-0.39, 0.29) is 0 Å². The molecule has 0 saturated carbocycles. The zero-order valence-electron chi connectivity index (χ0n) is 6.95. The fourth-order valence-electron chi connectivity index (χ4n) is 1.25. The molecule has 0 aliphatic carbocycles.